The van der Waals surface area contributed by atoms with Gasteiger partial charge in [0.1, 0.15) is 0 Å². The van der Waals surface area contributed by atoms with E-state index in [0.717, 1.165) is 53.4 Å². The van der Waals surface area contributed by atoms with Crippen molar-refractivity contribution in [2.45, 2.75) is 80.6 Å². The molecule has 0 N–H and O–H groups in total. The Labute approximate surface area is 193 Å². The number of halogens is 2. The first-order valence-corrected chi connectivity index (χ1v) is 11.6. The molecule has 0 aliphatic rings. The molecule has 0 aliphatic heterocycles. The van der Waals surface area contributed by atoms with Gasteiger partial charge in [0.15, 0.2) is 5.78 Å². The number of allylic oxidation sites excluding steroid dienone is 5. The third-order valence-electron chi connectivity index (χ3n) is 5.55. The number of nitrogens with zero attached hydrogens (tertiary/aromatic N) is 1. The van der Waals surface area contributed by atoms with Crippen molar-refractivity contribution < 1.29 is 13.6 Å². The molecular formula is C28H39F2NO. The zero-order chi connectivity index (χ0) is 24.5. The van der Waals surface area contributed by atoms with Gasteiger partial charge in [0, 0.05) is 23.5 Å². The Bertz CT molecular complexity index is 898. The SMILES string of the molecule is C\C=C(/N=C(C(/C=C\CC(C)(F)F)=C/C)\C(C)C)c1ccc(C(=O)C(C)CC)c(CC)c1. The second-order valence-corrected chi connectivity index (χ2v) is 8.65. The van der Waals surface area contributed by atoms with Crippen LogP contribution in [0.1, 0.15) is 89.7 Å². The van der Waals surface area contributed by atoms with Gasteiger partial charge in [-0.3, -0.25) is 9.79 Å². The first-order chi connectivity index (χ1) is 15.0. The lowest BCUT2D eigenvalue weighted by Crippen LogP contribution is -2.13. The van der Waals surface area contributed by atoms with Crippen LogP contribution in [0.5, 0.6) is 0 Å². The molecule has 176 valence electrons. The minimum absolute atomic E-state index is 0.00237. The van der Waals surface area contributed by atoms with Gasteiger partial charge in [-0.25, -0.2) is 8.78 Å². The molecule has 0 saturated carbocycles. The summed E-state index contributed by atoms with van der Waals surface area (Å²) in [6, 6.07) is 5.92. The number of carbonyl (C=O) groups excluding carboxylic acids is 1. The third-order valence-corrected chi connectivity index (χ3v) is 5.55. The summed E-state index contributed by atoms with van der Waals surface area (Å²) in [6.07, 6.45) is 8.36. The maximum Gasteiger partial charge on any atom is 0.248 e. The highest BCUT2D eigenvalue weighted by molar-refractivity contribution is 6.06. The van der Waals surface area contributed by atoms with Crippen LogP contribution in [0.15, 0.2) is 53.1 Å². The normalized spacial score (nSPS) is 15.0. The number of rotatable bonds is 11. The van der Waals surface area contributed by atoms with E-state index in [4.69, 9.17) is 4.99 Å². The minimum Gasteiger partial charge on any atom is -0.294 e. The molecule has 0 radical (unpaired) electrons. The van der Waals surface area contributed by atoms with Crippen LogP contribution in [0, 0.1) is 11.8 Å². The number of carbonyl (C=O) groups is 1. The van der Waals surface area contributed by atoms with Crippen LogP contribution < -0.4 is 0 Å². The van der Waals surface area contributed by atoms with Crippen molar-refractivity contribution in [2.24, 2.45) is 16.8 Å². The number of benzene rings is 1. The molecule has 0 spiro atoms. The molecule has 0 aromatic heterocycles. The van der Waals surface area contributed by atoms with E-state index in [9.17, 15) is 13.6 Å². The summed E-state index contributed by atoms with van der Waals surface area (Å²) in [7, 11) is 0. The zero-order valence-electron chi connectivity index (χ0n) is 20.9. The Morgan fingerprint density at radius 1 is 1.12 bits per heavy atom. The first-order valence-electron chi connectivity index (χ1n) is 11.6. The smallest absolute Gasteiger partial charge is 0.248 e. The summed E-state index contributed by atoms with van der Waals surface area (Å²) in [5, 5.41) is 0. The molecule has 0 heterocycles. The Hall–Kier alpha value is -2.36. The van der Waals surface area contributed by atoms with Gasteiger partial charge >= 0.3 is 0 Å². The third kappa shape index (κ3) is 7.96. The fourth-order valence-electron chi connectivity index (χ4n) is 3.41. The highest BCUT2D eigenvalue weighted by Crippen LogP contribution is 2.26. The van der Waals surface area contributed by atoms with Crippen molar-refractivity contribution in [3.05, 3.63) is 64.8 Å². The quantitative estimate of drug-likeness (QED) is 0.191. The Kier molecular flexibility index (Phi) is 10.9. The van der Waals surface area contributed by atoms with E-state index in [1.165, 1.54) is 6.08 Å². The van der Waals surface area contributed by atoms with E-state index >= 15 is 0 Å². The maximum absolute atomic E-state index is 13.2. The molecule has 1 aromatic carbocycles. The van der Waals surface area contributed by atoms with Crippen LogP contribution in [-0.2, 0) is 6.42 Å². The van der Waals surface area contributed by atoms with Gasteiger partial charge in [0.05, 0.1) is 11.4 Å². The molecule has 0 fully saturated rings. The fraction of sp³-hybridized carbons (Fsp3) is 0.500. The van der Waals surface area contributed by atoms with Gasteiger partial charge in [-0.05, 0) is 56.7 Å². The summed E-state index contributed by atoms with van der Waals surface area (Å²) in [6.45, 7) is 14.9. The number of aliphatic imine (C=N–C) groups is 1. The standard InChI is InChI=1S/C28H39F2NO/c1-9-20(7)27(32)24-16-15-23(18-22(24)11-3)25(12-4)31-26(19(5)6)21(10-2)14-13-17-28(8,29)30/h10,12-16,18-20H,9,11,17H2,1-8H3/b14-13-,21-10+,25-12-,31-26+. The number of ketones is 1. The zero-order valence-corrected chi connectivity index (χ0v) is 20.9. The Balaban J connectivity index is 3.39. The molecule has 32 heavy (non-hydrogen) atoms. The first kappa shape index (κ1) is 27.7. The average Bonchev–Trinajstić information content (AvgIpc) is 2.75. The van der Waals surface area contributed by atoms with E-state index in [1.807, 2.05) is 65.8 Å². The lowest BCUT2D eigenvalue weighted by Gasteiger charge is -2.16. The van der Waals surface area contributed by atoms with Crippen molar-refractivity contribution in [1.29, 1.82) is 0 Å². The Morgan fingerprint density at radius 3 is 2.25 bits per heavy atom. The number of hydrogen-bond donors (Lipinski definition) is 0. The molecule has 4 heteroatoms. The van der Waals surface area contributed by atoms with Crippen LogP contribution in [0.4, 0.5) is 8.78 Å². The van der Waals surface area contributed by atoms with Crippen molar-refractivity contribution in [1.82, 2.24) is 0 Å². The van der Waals surface area contributed by atoms with E-state index in [1.54, 1.807) is 6.08 Å². The van der Waals surface area contributed by atoms with Gasteiger partial charge in [-0.1, -0.05) is 71.1 Å². The van der Waals surface area contributed by atoms with Crippen LogP contribution in [-0.4, -0.2) is 17.4 Å². The molecule has 2 nitrogen and oxygen atoms in total. The van der Waals surface area contributed by atoms with Crippen LogP contribution >= 0.6 is 0 Å². The average molecular weight is 444 g/mol. The molecule has 0 aliphatic carbocycles. The van der Waals surface area contributed by atoms with Gasteiger partial charge in [-0.2, -0.15) is 0 Å². The largest absolute Gasteiger partial charge is 0.294 e. The second-order valence-electron chi connectivity index (χ2n) is 8.65. The van der Waals surface area contributed by atoms with Crippen LogP contribution in [0.3, 0.4) is 0 Å². The number of Topliss-reactive ketones (excluding diaryl/α,β-unsaturated/α-hetero) is 1. The van der Waals surface area contributed by atoms with Gasteiger partial charge in [0.25, 0.3) is 0 Å². The molecule has 1 aromatic rings. The number of aryl methyl sites for hydroxylation is 1. The molecule has 1 atom stereocenters. The summed E-state index contributed by atoms with van der Waals surface area (Å²) in [4.78, 5) is 17.7. The van der Waals surface area contributed by atoms with Gasteiger partial charge in [0.2, 0.25) is 5.92 Å². The van der Waals surface area contributed by atoms with E-state index < -0.39 is 5.92 Å². The van der Waals surface area contributed by atoms with Crippen LogP contribution in [0.2, 0.25) is 0 Å². The van der Waals surface area contributed by atoms with Gasteiger partial charge in [-0.15, -0.1) is 0 Å². The van der Waals surface area contributed by atoms with E-state index in [2.05, 4.69) is 13.0 Å². The highest BCUT2D eigenvalue weighted by Gasteiger charge is 2.19. The maximum atomic E-state index is 13.2. The van der Waals surface area contributed by atoms with Crippen molar-refractivity contribution in [3.8, 4) is 0 Å². The van der Waals surface area contributed by atoms with Crippen LogP contribution in [0.25, 0.3) is 5.70 Å². The molecule has 1 unspecified atom stereocenters. The molecular weight excluding hydrogens is 404 g/mol. The van der Waals surface area contributed by atoms with E-state index in [0.29, 0.717) is 0 Å². The molecule has 0 bridgehead atoms. The van der Waals surface area contributed by atoms with Crippen molar-refractivity contribution >= 4 is 17.2 Å². The summed E-state index contributed by atoms with van der Waals surface area (Å²) >= 11 is 0. The number of hydrogen-bond acceptors (Lipinski definition) is 2. The monoisotopic (exact) mass is 443 g/mol. The predicted octanol–water partition coefficient (Wildman–Crippen LogP) is 8.48. The fourth-order valence-corrected chi connectivity index (χ4v) is 3.41. The predicted molar refractivity (Wildman–Crippen MR) is 134 cm³/mol. The number of alkyl halides is 2. The Morgan fingerprint density at radius 2 is 1.78 bits per heavy atom. The summed E-state index contributed by atoms with van der Waals surface area (Å²) < 4.78 is 26.4. The topological polar surface area (TPSA) is 29.4 Å². The van der Waals surface area contributed by atoms with E-state index in [-0.39, 0.29) is 24.0 Å². The summed E-state index contributed by atoms with van der Waals surface area (Å²) in [5.41, 5.74) is 5.23. The molecule has 0 amide bonds. The molecule has 0 saturated heterocycles. The van der Waals surface area contributed by atoms with Gasteiger partial charge < -0.3 is 0 Å². The lowest BCUT2D eigenvalue weighted by atomic mass is 9.91. The lowest BCUT2D eigenvalue weighted by molar-refractivity contribution is 0.0255. The minimum atomic E-state index is -2.73. The van der Waals surface area contributed by atoms with Crippen molar-refractivity contribution in [2.75, 3.05) is 0 Å². The van der Waals surface area contributed by atoms with Crippen molar-refractivity contribution in [3.63, 3.8) is 0 Å². The highest BCUT2D eigenvalue weighted by atomic mass is 19.3. The second kappa shape index (κ2) is 12.6. The molecule has 1 rings (SSSR count). The summed E-state index contributed by atoms with van der Waals surface area (Å²) in [5.74, 6) is -2.44.